The SMILES string of the molecule is CCCCC/C=C\C/C=C\C/C=C\C/C=C\CCCC(=O)OC[C@H](COP(=O)(O)OC[C@@H](O)COP(=O)(O)OC[C@@H](COC(=O)CCCCCCCCC/C=C\CCCCCC)OC(=O)CCCCCCC/C=C\CCCCCCCC)OC(=O)CCC/C=C\C/C=C\C/C=C\C/C=C\CCCCC. The van der Waals surface area contributed by atoms with Crippen molar-refractivity contribution in [1.29, 1.82) is 0 Å². The number of hydrogen-bond donors (Lipinski definition) is 3. The molecule has 0 amide bonds. The van der Waals surface area contributed by atoms with E-state index in [1.165, 1.54) is 116 Å². The first-order valence-corrected chi connectivity index (χ1v) is 43.8. The second kappa shape index (κ2) is 76.6. The minimum atomic E-state index is -5.01. The van der Waals surface area contributed by atoms with Crippen LogP contribution in [0.5, 0.6) is 0 Å². The van der Waals surface area contributed by atoms with Crippen molar-refractivity contribution >= 4 is 39.5 Å². The van der Waals surface area contributed by atoms with Crippen molar-refractivity contribution in [3.05, 3.63) is 122 Å². The van der Waals surface area contributed by atoms with Crippen molar-refractivity contribution in [3.63, 3.8) is 0 Å². The first-order valence-electron chi connectivity index (χ1n) is 40.8. The Morgan fingerprint density at radius 1 is 0.269 bits per heavy atom. The summed E-state index contributed by atoms with van der Waals surface area (Å²) >= 11 is 0. The topological polar surface area (TPSA) is 237 Å². The van der Waals surface area contributed by atoms with Gasteiger partial charge in [-0.1, -0.05) is 278 Å². The van der Waals surface area contributed by atoms with Crippen LogP contribution in [0.2, 0.25) is 0 Å². The van der Waals surface area contributed by atoms with Gasteiger partial charge in [-0.25, -0.2) is 9.13 Å². The van der Waals surface area contributed by atoms with Crippen LogP contribution in [0.25, 0.3) is 0 Å². The first-order chi connectivity index (χ1) is 50.7. The van der Waals surface area contributed by atoms with Gasteiger partial charge in [0.25, 0.3) is 0 Å². The van der Waals surface area contributed by atoms with Gasteiger partial charge in [-0.15, -0.1) is 0 Å². The number of unbranched alkanes of at least 4 members (excludes halogenated alkanes) is 30. The molecule has 3 N–H and O–H groups in total. The molecule has 0 aliphatic heterocycles. The number of allylic oxidation sites excluding steroid dienone is 20. The maximum atomic E-state index is 13.1. The van der Waals surface area contributed by atoms with Gasteiger partial charge in [-0.3, -0.25) is 37.3 Å². The predicted octanol–water partition coefficient (Wildman–Crippen LogP) is 23.9. The van der Waals surface area contributed by atoms with Crippen molar-refractivity contribution in [1.82, 2.24) is 0 Å². The quantitative estimate of drug-likeness (QED) is 0.0169. The zero-order valence-electron chi connectivity index (χ0n) is 65.4. The minimum absolute atomic E-state index is 0.00527. The molecule has 0 saturated heterocycles. The van der Waals surface area contributed by atoms with Gasteiger partial charge in [0, 0.05) is 25.7 Å². The number of phosphoric ester groups is 2. The molecule has 0 radical (unpaired) electrons. The summed E-state index contributed by atoms with van der Waals surface area (Å²) in [6.07, 6.45) is 84.7. The van der Waals surface area contributed by atoms with Gasteiger partial charge in [0.2, 0.25) is 0 Å². The molecule has 0 aromatic heterocycles. The fourth-order valence-corrected chi connectivity index (χ4v) is 12.2. The molecule has 0 heterocycles. The summed E-state index contributed by atoms with van der Waals surface area (Å²) in [6.45, 7) is 4.69. The van der Waals surface area contributed by atoms with Gasteiger partial charge in [-0.2, -0.15) is 0 Å². The van der Waals surface area contributed by atoms with Crippen molar-refractivity contribution in [2.24, 2.45) is 0 Å². The molecule has 0 fully saturated rings. The van der Waals surface area contributed by atoms with Crippen LogP contribution in [0.1, 0.15) is 336 Å². The number of carbonyl (C=O) groups is 4. The molecule has 0 aromatic carbocycles. The van der Waals surface area contributed by atoms with E-state index >= 15 is 0 Å². The lowest BCUT2D eigenvalue weighted by molar-refractivity contribution is -0.161. The molecule has 5 atom stereocenters. The van der Waals surface area contributed by atoms with E-state index in [0.717, 1.165) is 128 Å². The molecule has 0 saturated carbocycles. The van der Waals surface area contributed by atoms with Crippen molar-refractivity contribution < 1.29 is 80.2 Å². The van der Waals surface area contributed by atoms with Crippen molar-refractivity contribution in [2.45, 2.75) is 354 Å². The van der Waals surface area contributed by atoms with Crippen LogP contribution in [0.3, 0.4) is 0 Å². The van der Waals surface area contributed by atoms with Crippen molar-refractivity contribution in [3.8, 4) is 0 Å². The van der Waals surface area contributed by atoms with Gasteiger partial charge in [0.1, 0.15) is 19.3 Å². The highest BCUT2D eigenvalue weighted by Gasteiger charge is 2.30. The summed E-state index contributed by atoms with van der Waals surface area (Å²) in [6, 6.07) is 0. The van der Waals surface area contributed by atoms with Crippen LogP contribution in [0.15, 0.2) is 122 Å². The maximum Gasteiger partial charge on any atom is 0.472 e. The number of carbonyl (C=O) groups excluding carboxylic acids is 4. The molecule has 0 bridgehead atoms. The third-order valence-corrected chi connectivity index (χ3v) is 18.8. The predicted molar refractivity (Wildman–Crippen MR) is 427 cm³/mol. The Morgan fingerprint density at radius 2 is 0.481 bits per heavy atom. The third-order valence-electron chi connectivity index (χ3n) is 16.9. The average molecular weight is 1500 g/mol. The Kier molecular flexibility index (Phi) is 73.3. The Morgan fingerprint density at radius 3 is 0.808 bits per heavy atom. The Hall–Kier alpha value is -4.54. The lowest BCUT2D eigenvalue weighted by Gasteiger charge is -2.21. The van der Waals surface area contributed by atoms with Crippen LogP contribution in [-0.2, 0) is 65.4 Å². The first kappa shape index (κ1) is 99.5. The normalized spacial score (nSPS) is 14.5. The highest BCUT2D eigenvalue weighted by atomic mass is 31.2. The lowest BCUT2D eigenvalue weighted by Crippen LogP contribution is -2.30. The molecule has 0 rings (SSSR count). The van der Waals surface area contributed by atoms with Crippen LogP contribution >= 0.6 is 15.6 Å². The van der Waals surface area contributed by atoms with E-state index in [4.69, 9.17) is 37.0 Å². The molecule has 104 heavy (non-hydrogen) atoms. The third kappa shape index (κ3) is 75.7. The lowest BCUT2D eigenvalue weighted by atomic mass is 10.1. The van der Waals surface area contributed by atoms with Crippen LogP contribution in [0, 0.1) is 0 Å². The number of aliphatic hydroxyl groups is 1. The maximum absolute atomic E-state index is 13.1. The van der Waals surface area contributed by atoms with Gasteiger partial charge >= 0.3 is 39.5 Å². The fourth-order valence-electron chi connectivity index (χ4n) is 10.6. The molecular formula is C85H146O17P2. The Bertz CT molecular complexity index is 2440. The summed E-state index contributed by atoms with van der Waals surface area (Å²) in [4.78, 5) is 73.0. The average Bonchev–Trinajstić information content (AvgIpc) is 0.926. The summed E-state index contributed by atoms with van der Waals surface area (Å²) in [5, 5.41) is 10.6. The van der Waals surface area contributed by atoms with E-state index < -0.39 is 97.5 Å². The highest BCUT2D eigenvalue weighted by molar-refractivity contribution is 7.47. The van der Waals surface area contributed by atoms with Crippen LogP contribution in [-0.4, -0.2) is 96.7 Å². The number of hydrogen-bond acceptors (Lipinski definition) is 15. The number of aliphatic hydroxyl groups excluding tert-OH is 1. The Labute approximate surface area is 632 Å². The molecule has 598 valence electrons. The van der Waals surface area contributed by atoms with Crippen LogP contribution in [0.4, 0.5) is 0 Å². The molecule has 19 heteroatoms. The number of esters is 4. The largest absolute Gasteiger partial charge is 0.472 e. The second-order valence-electron chi connectivity index (χ2n) is 27.0. The standard InChI is InChI=1S/C85H146O17P2/c1-5-9-13-17-21-25-29-33-37-39-43-46-50-54-58-62-66-70-83(88)96-76-81(102-85(90)72-68-64-60-56-52-48-44-40-38-34-30-26-22-18-14-10-6-2)78-100-104(93,94)98-74-79(86)73-97-103(91,92)99-77-80(101-84(89)71-67-63-59-55-51-47-42-36-32-28-24-20-16-12-8-4)75-95-82(87)69-65-61-57-53-49-45-41-35-31-27-23-19-15-11-7-3/h21-22,25-27,31,33-34,36-38,42-44,46,48,54,56,58,60,79-81,86H,5-20,23-24,28-30,32,35,39-41,45,47,49-53,55,57,59,61-78H2,1-4H3,(H,91,92)(H,93,94)/b25-21-,26-22-,31-27-,37-33-,38-34-,42-36-,46-43-,48-44-,58-54-,60-56-/t79-,80+,81+/m0/s1. The number of ether oxygens (including phenoxy) is 4. The smallest absolute Gasteiger partial charge is 0.462 e. The zero-order valence-corrected chi connectivity index (χ0v) is 67.2. The molecule has 2 unspecified atom stereocenters. The van der Waals surface area contributed by atoms with Crippen molar-refractivity contribution in [2.75, 3.05) is 39.6 Å². The minimum Gasteiger partial charge on any atom is -0.462 e. The van der Waals surface area contributed by atoms with E-state index in [9.17, 15) is 43.2 Å². The monoisotopic (exact) mass is 1500 g/mol. The molecule has 0 aromatic rings. The van der Waals surface area contributed by atoms with Gasteiger partial charge in [0.15, 0.2) is 12.2 Å². The van der Waals surface area contributed by atoms with Gasteiger partial charge in [-0.05, 0) is 154 Å². The number of phosphoric acid groups is 2. The fraction of sp³-hybridized carbons (Fsp3) is 0.718. The molecule has 0 aliphatic carbocycles. The second-order valence-corrected chi connectivity index (χ2v) is 29.9. The van der Waals surface area contributed by atoms with E-state index in [-0.39, 0.29) is 25.7 Å². The summed E-state index contributed by atoms with van der Waals surface area (Å²) < 4.78 is 68.5. The zero-order chi connectivity index (χ0) is 76.0. The molecular weight excluding hydrogens is 1350 g/mol. The highest BCUT2D eigenvalue weighted by Crippen LogP contribution is 2.45. The summed E-state index contributed by atoms with van der Waals surface area (Å²) in [5.74, 6) is -2.31. The van der Waals surface area contributed by atoms with E-state index in [0.29, 0.717) is 38.5 Å². The van der Waals surface area contributed by atoms with Gasteiger partial charge in [0.05, 0.1) is 26.4 Å². The van der Waals surface area contributed by atoms with E-state index in [1.807, 2.05) is 24.3 Å². The molecule has 0 spiro atoms. The molecule has 0 aliphatic rings. The Balaban J connectivity index is 5.47. The summed E-state index contributed by atoms with van der Waals surface area (Å²) in [7, 11) is -10.00. The number of rotatable bonds is 76. The van der Waals surface area contributed by atoms with Gasteiger partial charge < -0.3 is 33.8 Å². The molecule has 17 nitrogen and oxygen atoms in total. The van der Waals surface area contributed by atoms with Crippen LogP contribution < -0.4 is 0 Å². The van der Waals surface area contributed by atoms with E-state index in [1.54, 1.807) is 0 Å². The van der Waals surface area contributed by atoms with E-state index in [2.05, 4.69) is 125 Å². The summed E-state index contributed by atoms with van der Waals surface area (Å²) in [5.41, 5.74) is 0.